The van der Waals surface area contributed by atoms with Gasteiger partial charge in [0.05, 0.1) is 26.3 Å². The van der Waals surface area contributed by atoms with Crippen LogP contribution in [0.2, 0.25) is 0 Å². The van der Waals surface area contributed by atoms with Crippen LogP contribution in [0.3, 0.4) is 0 Å². The summed E-state index contributed by atoms with van der Waals surface area (Å²) in [5.41, 5.74) is 4.73. The summed E-state index contributed by atoms with van der Waals surface area (Å²) in [6.07, 6.45) is 2.82. The van der Waals surface area contributed by atoms with Crippen LogP contribution < -0.4 is 9.64 Å². The third kappa shape index (κ3) is 6.38. The predicted octanol–water partition coefficient (Wildman–Crippen LogP) is 7.36. The minimum atomic E-state index is -0.402. The third-order valence-corrected chi connectivity index (χ3v) is 6.21. The molecule has 0 spiro atoms. The Morgan fingerprint density at radius 3 is 2.24 bits per heavy atom. The van der Waals surface area contributed by atoms with E-state index < -0.39 is 5.97 Å². The second-order valence-electron chi connectivity index (χ2n) is 8.67. The van der Waals surface area contributed by atoms with Crippen LogP contribution in [0.1, 0.15) is 55.1 Å². The van der Waals surface area contributed by atoms with Gasteiger partial charge in [-0.25, -0.2) is 9.78 Å². The summed E-state index contributed by atoms with van der Waals surface area (Å²) in [7, 11) is 3.03. The van der Waals surface area contributed by atoms with E-state index in [4.69, 9.17) is 9.47 Å². The molecule has 1 aromatic heterocycles. The minimum Gasteiger partial charge on any atom is -0.496 e. The number of rotatable bonds is 8. The first kappa shape index (κ1) is 28.4. The van der Waals surface area contributed by atoms with Crippen LogP contribution in [0.25, 0.3) is 21.9 Å². The fraction of sp³-hybridized carbons (Fsp3) is 0.281. The monoisotopic (exact) mass is 512 g/mol. The largest absolute Gasteiger partial charge is 0.496 e. The Bertz CT molecular complexity index is 1400. The number of nitrogens with zero attached hydrogens (tertiary/aromatic N) is 2. The molecule has 0 aliphatic heterocycles. The number of carbonyl (C=O) groups excluding carboxylic acids is 2. The Kier molecular flexibility index (Phi) is 9.99. The standard InChI is InChI=1S/C30H30N2O4.C2H6/c1-5-6-28(33)32(29-26-13-11-25(30(34)36-4)18-24(26)15-16-31-29)19-21-7-9-22(10-8-21)23-12-14-27(35-3)20(2)17-23;1-2/h7-18H,5-6,19H2,1-4H3;1-2H3. The second kappa shape index (κ2) is 13.4. The highest BCUT2D eigenvalue weighted by Gasteiger charge is 2.20. The maximum Gasteiger partial charge on any atom is 0.337 e. The van der Waals surface area contributed by atoms with Crippen molar-refractivity contribution in [3.63, 3.8) is 0 Å². The normalized spacial score (nSPS) is 10.4. The minimum absolute atomic E-state index is 0.00407. The van der Waals surface area contributed by atoms with Crippen LogP contribution in [0, 0.1) is 6.92 Å². The number of methoxy groups -OCH3 is 2. The van der Waals surface area contributed by atoms with Crippen molar-refractivity contribution in [1.29, 1.82) is 0 Å². The molecule has 198 valence electrons. The first-order valence-electron chi connectivity index (χ1n) is 13.0. The molecule has 0 bridgehead atoms. The molecule has 0 aliphatic rings. The summed E-state index contributed by atoms with van der Waals surface area (Å²) in [4.78, 5) is 31.5. The number of pyridine rings is 1. The summed E-state index contributed by atoms with van der Waals surface area (Å²) >= 11 is 0. The van der Waals surface area contributed by atoms with E-state index in [1.807, 2.05) is 64.1 Å². The number of anilines is 1. The third-order valence-electron chi connectivity index (χ3n) is 6.21. The number of hydrogen-bond donors (Lipinski definition) is 0. The van der Waals surface area contributed by atoms with Gasteiger partial charge in [0.15, 0.2) is 0 Å². The quantitative estimate of drug-likeness (QED) is 0.231. The first-order valence-corrected chi connectivity index (χ1v) is 13.0. The molecule has 1 amide bonds. The van der Waals surface area contributed by atoms with Crippen LogP contribution in [0.5, 0.6) is 5.75 Å². The van der Waals surface area contributed by atoms with Crippen molar-refractivity contribution in [2.75, 3.05) is 19.1 Å². The van der Waals surface area contributed by atoms with Gasteiger partial charge in [-0.05, 0) is 77.4 Å². The molecule has 0 saturated heterocycles. The molecule has 0 N–H and O–H groups in total. The SMILES string of the molecule is CC.CCCC(=O)N(Cc1ccc(-c2ccc(OC)c(C)c2)cc1)c1nccc2cc(C(=O)OC)ccc12. The molecule has 0 atom stereocenters. The van der Waals surface area contributed by atoms with Crippen molar-refractivity contribution in [1.82, 2.24) is 4.98 Å². The Morgan fingerprint density at radius 1 is 0.895 bits per heavy atom. The highest BCUT2D eigenvalue weighted by molar-refractivity contribution is 6.04. The molecule has 6 heteroatoms. The van der Waals surface area contributed by atoms with Crippen molar-refractivity contribution < 1.29 is 19.1 Å². The average molecular weight is 513 g/mol. The summed E-state index contributed by atoms with van der Waals surface area (Å²) in [5.74, 6) is 1.05. The summed E-state index contributed by atoms with van der Waals surface area (Å²) in [5, 5.41) is 1.63. The lowest BCUT2D eigenvalue weighted by molar-refractivity contribution is -0.118. The Balaban J connectivity index is 0.00000195. The lowest BCUT2D eigenvalue weighted by Crippen LogP contribution is -2.31. The van der Waals surface area contributed by atoms with Crippen molar-refractivity contribution in [3.8, 4) is 16.9 Å². The van der Waals surface area contributed by atoms with E-state index in [1.165, 1.54) is 7.11 Å². The van der Waals surface area contributed by atoms with E-state index in [0.717, 1.165) is 45.2 Å². The number of fused-ring (bicyclic) bond motifs is 1. The molecule has 1 heterocycles. The van der Waals surface area contributed by atoms with Crippen LogP contribution in [0.15, 0.2) is 72.9 Å². The number of carbonyl (C=O) groups is 2. The van der Waals surface area contributed by atoms with Gasteiger partial charge in [0, 0.05) is 18.0 Å². The maximum atomic E-state index is 13.2. The van der Waals surface area contributed by atoms with Gasteiger partial charge in [0.25, 0.3) is 0 Å². The van der Waals surface area contributed by atoms with E-state index in [9.17, 15) is 9.59 Å². The van der Waals surface area contributed by atoms with E-state index in [2.05, 4.69) is 23.2 Å². The number of esters is 1. The Hall–Kier alpha value is -4.19. The van der Waals surface area contributed by atoms with Gasteiger partial charge in [0.2, 0.25) is 5.91 Å². The van der Waals surface area contributed by atoms with Gasteiger partial charge in [-0.3, -0.25) is 9.69 Å². The zero-order valence-electron chi connectivity index (χ0n) is 23.1. The molecule has 0 aliphatic carbocycles. The summed E-state index contributed by atoms with van der Waals surface area (Å²) in [6.45, 7) is 8.41. The van der Waals surface area contributed by atoms with Crippen LogP contribution in [-0.2, 0) is 16.1 Å². The number of hydrogen-bond acceptors (Lipinski definition) is 5. The zero-order chi connectivity index (χ0) is 27.7. The Labute approximate surface area is 225 Å². The van der Waals surface area contributed by atoms with E-state index in [0.29, 0.717) is 24.3 Å². The number of aryl methyl sites for hydroxylation is 1. The number of amides is 1. The van der Waals surface area contributed by atoms with Gasteiger partial charge in [0.1, 0.15) is 11.6 Å². The molecule has 0 fully saturated rings. The van der Waals surface area contributed by atoms with Crippen LogP contribution in [0.4, 0.5) is 5.82 Å². The van der Waals surface area contributed by atoms with Gasteiger partial charge in [-0.1, -0.05) is 51.1 Å². The summed E-state index contributed by atoms with van der Waals surface area (Å²) < 4.78 is 10.2. The topological polar surface area (TPSA) is 68.7 Å². The van der Waals surface area contributed by atoms with Crippen molar-refractivity contribution in [2.24, 2.45) is 0 Å². The molecule has 38 heavy (non-hydrogen) atoms. The number of ether oxygens (including phenoxy) is 2. The smallest absolute Gasteiger partial charge is 0.337 e. The van der Waals surface area contributed by atoms with Crippen molar-refractivity contribution in [3.05, 3.63) is 89.6 Å². The number of aromatic nitrogens is 1. The first-order chi connectivity index (χ1) is 18.4. The van der Waals surface area contributed by atoms with Crippen molar-refractivity contribution in [2.45, 2.75) is 47.1 Å². The van der Waals surface area contributed by atoms with E-state index >= 15 is 0 Å². The lowest BCUT2D eigenvalue weighted by atomic mass is 10.0. The van der Waals surface area contributed by atoms with E-state index in [-0.39, 0.29) is 5.91 Å². The lowest BCUT2D eigenvalue weighted by Gasteiger charge is -2.23. The fourth-order valence-corrected chi connectivity index (χ4v) is 4.30. The molecule has 0 radical (unpaired) electrons. The summed E-state index contributed by atoms with van der Waals surface area (Å²) in [6, 6.07) is 21.5. The van der Waals surface area contributed by atoms with Gasteiger partial charge >= 0.3 is 5.97 Å². The fourth-order valence-electron chi connectivity index (χ4n) is 4.30. The molecule has 0 saturated carbocycles. The molecule has 0 unspecified atom stereocenters. The average Bonchev–Trinajstić information content (AvgIpc) is 2.96. The second-order valence-corrected chi connectivity index (χ2v) is 8.67. The van der Waals surface area contributed by atoms with E-state index in [1.54, 1.807) is 30.3 Å². The van der Waals surface area contributed by atoms with Gasteiger partial charge < -0.3 is 9.47 Å². The zero-order valence-corrected chi connectivity index (χ0v) is 23.1. The highest BCUT2D eigenvalue weighted by Crippen LogP contribution is 2.29. The predicted molar refractivity (Wildman–Crippen MR) is 154 cm³/mol. The molecular formula is C32H36N2O4. The van der Waals surface area contributed by atoms with Gasteiger partial charge in [-0.2, -0.15) is 0 Å². The van der Waals surface area contributed by atoms with Gasteiger partial charge in [-0.15, -0.1) is 0 Å². The molecule has 4 rings (SSSR count). The molecule has 3 aromatic carbocycles. The van der Waals surface area contributed by atoms with Crippen LogP contribution >= 0.6 is 0 Å². The molecule has 6 nitrogen and oxygen atoms in total. The highest BCUT2D eigenvalue weighted by atomic mass is 16.5. The molecular weight excluding hydrogens is 476 g/mol. The van der Waals surface area contributed by atoms with Crippen molar-refractivity contribution >= 4 is 28.5 Å². The number of benzene rings is 3. The maximum absolute atomic E-state index is 13.2. The molecule has 4 aromatic rings. The Morgan fingerprint density at radius 2 is 1.61 bits per heavy atom. The van der Waals surface area contributed by atoms with Crippen LogP contribution in [-0.4, -0.2) is 31.1 Å².